The lowest BCUT2D eigenvalue weighted by Crippen LogP contribution is -1.89. The van der Waals surface area contributed by atoms with Gasteiger partial charge in [-0.2, -0.15) is 0 Å². The summed E-state index contributed by atoms with van der Waals surface area (Å²) in [5.74, 6) is 0. The molecule has 0 nitrogen and oxygen atoms in total. The summed E-state index contributed by atoms with van der Waals surface area (Å²) in [5, 5.41) is 0. The van der Waals surface area contributed by atoms with Crippen molar-refractivity contribution in [3.05, 3.63) is 53.2 Å². The monoisotopic (exact) mass is 532 g/mol. The minimum atomic E-state index is 1.29. The van der Waals surface area contributed by atoms with Crippen molar-refractivity contribution in [2.45, 2.75) is 0 Å². The first-order valence-corrected chi connectivity index (χ1v) is 7.62. The highest BCUT2D eigenvalue weighted by molar-refractivity contribution is 14.1. The highest BCUT2D eigenvalue weighted by Gasteiger charge is 2.08. The van der Waals surface area contributed by atoms with E-state index in [2.05, 4.69) is 104 Å². The molecular weight excluding hydrogens is 525 g/mol. The summed E-state index contributed by atoms with van der Waals surface area (Å²) in [6.07, 6.45) is 0. The molecule has 0 bridgehead atoms. The third kappa shape index (κ3) is 2.66. The fraction of sp³-hybridized carbons (Fsp3) is 0. The van der Waals surface area contributed by atoms with Gasteiger partial charge in [0.25, 0.3) is 0 Å². The molecule has 2 aromatic rings. The summed E-state index contributed by atoms with van der Waals surface area (Å²) >= 11 is 7.20. The van der Waals surface area contributed by atoms with E-state index in [4.69, 9.17) is 0 Å². The standard InChI is InChI=1S/C12H7I3/c13-10-7-6-9(11(14)12(10)15)8-4-2-1-3-5-8/h1-7H. The topological polar surface area (TPSA) is 0 Å². The lowest BCUT2D eigenvalue weighted by Gasteiger charge is -2.07. The Bertz CT molecular complexity index is 478. The minimum absolute atomic E-state index is 1.29. The van der Waals surface area contributed by atoms with E-state index in [9.17, 15) is 0 Å². The van der Waals surface area contributed by atoms with Gasteiger partial charge in [0, 0.05) is 10.7 Å². The third-order valence-electron chi connectivity index (χ3n) is 2.12. The van der Waals surface area contributed by atoms with Gasteiger partial charge < -0.3 is 0 Å². The number of hydrogen-bond donors (Lipinski definition) is 0. The van der Waals surface area contributed by atoms with Crippen molar-refractivity contribution in [3.8, 4) is 11.1 Å². The SMILES string of the molecule is Ic1ccc(-c2ccccc2)c(I)c1I. The first kappa shape index (κ1) is 12.1. The van der Waals surface area contributed by atoms with Crippen LogP contribution in [0, 0.1) is 10.7 Å². The van der Waals surface area contributed by atoms with Gasteiger partial charge in [-0.1, -0.05) is 36.4 Å². The lowest BCUT2D eigenvalue weighted by atomic mass is 10.1. The maximum Gasteiger partial charge on any atom is 0.0403 e. The fourth-order valence-electron chi connectivity index (χ4n) is 1.37. The normalized spacial score (nSPS) is 10.3. The average Bonchev–Trinajstić information content (AvgIpc) is 2.27. The largest absolute Gasteiger partial charge is 0.0622 e. The summed E-state index contributed by atoms with van der Waals surface area (Å²) in [6.45, 7) is 0. The van der Waals surface area contributed by atoms with Crippen LogP contribution in [0.2, 0.25) is 0 Å². The van der Waals surface area contributed by atoms with Crippen LogP contribution in [0.4, 0.5) is 0 Å². The summed E-state index contributed by atoms with van der Waals surface area (Å²) < 4.78 is 4.00. The van der Waals surface area contributed by atoms with Crippen LogP contribution in [0.3, 0.4) is 0 Å². The first-order chi connectivity index (χ1) is 7.20. The number of hydrogen-bond acceptors (Lipinski definition) is 0. The van der Waals surface area contributed by atoms with Gasteiger partial charge in [0.2, 0.25) is 0 Å². The zero-order valence-corrected chi connectivity index (χ0v) is 14.1. The van der Waals surface area contributed by atoms with Crippen molar-refractivity contribution >= 4 is 67.8 Å². The Hall–Kier alpha value is 0.630. The summed E-state index contributed by atoms with van der Waals surface area (Å²) in [4.78, 5) is 0. The van der Waals surface area contributed by atoms with E-state index in [1.165, 1.54) is 21.8 Å². The van der Waals surface area contributed by atoms with Crippen molar-refractivity contribution in [1.82, 2.24) is 0 Å². The van der Waals surface area contributed by atoms with E-state index in [0.29, 0.717) is 0 Å². The van der Waals surface area contributed by atoms with Crippen LogP contribution in [0.5, 0.6) is 0 Å². The summed E-state index contributed by atoms with van der Waals surface area (Å²) in [7, 11) is 0. The van der Waals surface area contributed by atoms with Crippen molar-refractivity contribution < 1.29 is 0 Å². The molecule has 0 aliphatic rings. The Morgan fingerprint density at radius 2 is 1.33 bits per heavy atom. The van der Waals surface area contributed by atoms with Crippen LogP contribution in [0.1, 0.15) is 0 Å². The van der Waals surface area contributed by atoms with E-state index in [0.717, 1.165) is 0 Å². The first-order valence-electron chi connectivity index (χ1n) is 4.39. The molecule has 2 aromatic carbocycles. The Balaban J connectivity index is 2.60. The van der Waals surface area contributed by atoms with E-state index in [1.807, 2.05) is 6.07 Å². The van der Waals surface area contributed by atoms with E-state index in [-0.39, 0.29) is 0 Å². The average molecular weight is 532 g/mol. The molecule has 0 aliphatic heterocycles. The highest BCUT2D eigenvalue weighted by atomic mass is 127. The van der Waals surface area contributed by atoms with Crippen molar-refractivity contribution in [1.29, 1.82) is 0 Å². The van der Waals surface area contributed by atoms with Gasteiger partial charge >= 0.3 is 0 Å². The number of rotatable bonds is 1. The Morgan fingerprint density at radius 1 is 0.667 bits per heavy atom. The molecule has 0 saturated carbocycles. The predicted molar refractivity (Wildman–Crippen MR) is 90.0 cm³/mol. The zero-order chi connectivity index (χ0) is 10.8. The van der Waals surface area contributed by atoms with Gasteiger partial charge in [0.1, 0.15) is 0 Å². The molecular formula is C12H7I3. The molecule has 15 heavy (non-hydrogen) atoms. The molecule has 0 atom stereocenters. The molecule has 0 N–H and O–H groups in total. The van der Waals surface area contributed by atoms with Gasteiger partial charge in [-0.3, -0.25) is 0 Å². The predicted octanol–water partition coefficient (Wildman–Crippen LogP) is 5.17. The summed E-state index contributed by atoms with van der Waals surface area (Å²) in [6, 6.07) is 14.9. The molecule has 0 aliphatic carbocycles. The maximum absolute atomic E-state index is 2.42. The second kappa shape index (κ2) is 5.31. The second-order valence-electron chi connectivity index (χ2n) is 3.09. The molecule has 0 fully saturated rings. The Labute approximate surface area is 130 Å². The minimum Gasteiger partial charge on any atom is -0.0622 e. The van der Waals surface area contributed by atoms with Crippen LogP contribution in [-0.4, -0.2) is 0 Å². The van der Waals surface area contributed by atoms with Gasteiger partial charge in [0.15, 0.2) is 0 Å². The van der Waals surface area contributed by atoms with E-state index in [1.54, 1.807) is 0 Å². The number of halogens is 3. The Morgan fingerprint density at radius 3 is 2.00 bits per heavy atom. The van der Waals surface area contributed by atoms with Crippen molar-refractivity contribution in [2.24, 2.45) is 0 Å². The smallest absolute Gasteiger partial charge is 0.0403 e. The molecule has 0 amide bonds. The fourth-order valence-corrected chi connectivity index (χ4v) is 3.58. The number of benzene rings is 2. The van der Waals surface area contributed by atoms with Crippen LogP contribution < -0.4 is 0 Å². The molecule has 76 valence electrons. The molecule has 2 rings (SSSR count). The quantitative estimate of drug-likeness (QED) is 0.352. The molecule has 0 aromatic heterocycles. The van der Waals surface area contributed by atoms with Crippen molar-refractivity contribution in [2.75, 3.05) is 0 Å². The Kier molecular flexibility index (Phi) is 4.28. The maximum atomic E-state index is 2.42. The molecule has 0 unspecified atom stereocenters. The van der Waals surface area contributed by atoms with Crippen molar-refractivity contribution in [3.63, 3.8) is 0 Å². The molecule has 3 heteroatoms. The molecule has 0 radical (unpaired) electrons. The van der Waals surface area contributed by atoms with E-state index >= 15 is 0 Å². The lowest BCUT2D eigenvalue weighted by molar-refractivity contribution is 1.50. The van der Waals surface area contributed by atoms with Crippen LogP contribution in [-0.2, 0) is 0 Å². The summed E-state index contributed by atoms with van der Waals surface area (Å²) in [5.41, 5.74) is 2.61. The van der Waals surface area contributed by atoms with Crippen LogP contribution in [0.25, 0.3) is 11.1 Å². The van der Waals surface area contributed by atoms with Gasteiger partial charge in [-0.25, -0.2) is 0 Å². The third-order valence-corrected chi connectivity index (χ3v) is 7.32. The van der Waals surface area contributed by atoms with Gasteiger partial charge in [-0.05, 0) is 85.0 Å². The highest BCUT2D eigenvalue weighted by Crippen LogP contribution is 2.31. The molecule has 0 heterocycles. The van der Waals surface area contributed by atoms with Crippen LogP contribution >= 0.6 is 67.8 Å². The molecule has 0 spiro atoms. The van der Waals surface area contributed by atoms with Gasteiger partial charge in [-0.15, -0.1) is 0 Å². The van der Waals surface area contributed by atoms with E-state index < -0.39 is 0 Å². The van der Waals surface area contributed by atoms with Gasteiger partial charge in [0.05, 0.1) is 0 Å². The second-order valence-corrected chi connectivity index (χ2v) is 6.41. The van der Waals surface area contributed by atoms with Crippen LogP contribution in [0.15, 0.2) is 42.5 Å². The molecule has 0 saturated heterocycles. The zero-order valence-electron chi connectivity index (χ0n) is 7.68.